The summed E-state index contributed by atoms with van der Waals surface area (Å²) in [6.45, 7) is 4.87. The highest BCUT2D eigenvalue weighted by Gasteiger charge is 2.21. The minimum absolute atomic E-state index is 0.0669. The number of piperidine rings is 1. The summed E-state index contributed by atoms with van der Waals surface area (Å²) in [5.41, 5.74) is 2.11. The average Bonchev–Trinajstić information content (AvgIpc) is 2.62. The van der Waals surface area contributed by atoms with Gasteiger partial charge in [0.05, 0.1) is 17.9 Å². The molecule has 1 aliphatic carbocycles. The van der Waals surface area contributed by atoms with Crippen molar-refractivity contribution in [1.82, 2.24) is 5.32 Å². The SMILES string of the molecule is C[C@@H]1CCCC[C@@H]1NCC(=O)Nc1ccccc1N1CCCCC1. The molecule has 2 fully saturated rings. The number of hydrogen-bond acceptors (Lipinski definition) is 3. The summed E-state index contributed by atoms with van der Waals surface area (Å²) >= 11 is 0. The summed E-state index contributed by atoms with van der Waals surface area (Å²) in [5.74, 6) is 0.740. The van der Waals surface area contributed by atoms with E-state index in [2.05, 4.69) is 34.6 Å². The third-order valence-corrected chi connectivity index (χ3v) is 5.51. The van der Waals surface area contributed by atoms with Crippen molar-refractivity contribution >= 4 is 17.3 Å². The van der Waals surface area contributed by atoms with Gasteiger partial charge in [0.2, 0.25) is 5.91 Å². The van der Waals surface area contributed by atoms with Crippen molar-refractivity contribution in [1.29, 1.82) is 0 Å². The first-order valence-corrected chi connectivity index (χ1v) is 9.61. The lowest BCUT2D eigenvalue weighted by Gasteiger charge is -2.31. The number of anilines is 2. The van der Waals surface area contributed by atoms with Crippen molar-refractivity contribution < 1.29 is 4.79 Å². The van der Waals surface area contributed by atoms with Crippen LogP contribution in [0.1, 0.15) is 51.9 Å². The van der Waals surface area contributed by atoms with Crippen molar-refractivity contribution in [3.63, 3.8) is 0 Å². The number of nitrogens with one attached hydrogen (secondary N) is 2. The molecule has 0 bridgehead atoms. The molecule has 1 aromatic carbocycles. The van der Waals surface area contributed by atoms with Crippen LogP contribution in [0.4, 0.5) is 11.4 Å². The highest BCUT2D eigenvalue weighted by molar-refractivity contribution is 5.95. The summed E-state index contributed by atoms with van der Waals surface area (Å²) in [4.78, 5) is 14.8. The van der Waals surface area contributed by atoms with Gasteiger partial charge in [0, 0.05) is 19.1 Å². The zero-order valence-electron chi connectivity index (χ0n) is 14.9. The van der Waals surface area contributed by atoms with Gasteiger partial charge in [-0.2, -0.15) is 0 Å². The van der Waals surface area contributed by atoms with Crippen LogP contribution in [0, 0.1) is 5.92 Å². The molecule has 1 amide bonds. The van der Waals surface area contributed by atoms with E-state index in [4.69, 9.17) is 0 Å². The second-order valence-electron chi connectivity index (χ2n) is 7.36. The maximum absolute atomic E-state index is 12.4. The summed E-state index contributed by atoms with van der Waals surface area (Å²) in [7, 11) is 0. The van der Waals surface area contributed by atoms with Gasteiger partial charge in [0.15, 0.2) is 0 Å². The molecule has 2 atom stereocenters. The van der Waals surface area contributed by atoms with Crippen LogP contribution < -0.4 is 15.5 Å². The number of nitrogens with zero attached hydrogens (tertiary/aromatic N) is 1. The molecule has 24 heavy (non-hydrogen) atoms. The number of carbonyl (C=O) groups excluding carboxylic acids is 1. The first-order valence-electron chi connectivity index (χ1n) is 9.61. The second kappa shape index (κ2) is 8.52. The molecular weight excluding hydrogens is 298 g/mol. The van der Waals surface area contributed by atoms with Crippen LogP contribution in [0.15, 0.2) is 24.3 Å². The van der Waals surface area contributed by atoms with Gasteiger partial charge >= 0.3 is 0 Å². The molecule has 1 saturated heterocycles. The monoisotopic (exact) mass is 329 g/mol. The van der Waals surface area contributed by atoms with Crippen molar-refractivity contribution in [3.8, 4) is 0 Å². The maximum Gasteiger partial charge on any atom is 0.238 e. The Morgan fingerprint density at radius 1 is 1.08 bits per heavy atom. The Morgan fingerprint density at radius 3 is 2.62 bits per heavy atom. The summed E-state index contributed by atoms with van der Waals surface area (Å²) in [6, 6.07) is 8.69. The quantitative estimate of drug-likeness (QED) is 0.864. The lowest BCUT2D eigenvalue weighted by Crippen LogP contribution is -2.41. The molecule has 1 saturated carbocycles. The summed E-state index contributed by atoms with van der Waals surface area (Å²) < 4.78 is 0. The normalized spacial score (nSPS) is 24.6. The molecule has 132 valence electrons. The van der Waals surface area contributed by atoms with E-state index in [9.17, 15) is 4.79 Å². The van der Waals surface area contributed by atoms with Gasteiger partial charge < -0.3 is 15.5 Å². The Morgan fingerprint density at radius 2 is 1.83 bits per heavy atom. The molecule has 2 aliphatic rings. The lowest BCUT2D eigenvalue weighted by atomic mass is 9.86. The third-order valence-electron chi connectivity index (χ3n) is 5.51. The van der Waals surface area contributed by atoms with Crippen LogP contribution in [-0.2, 0) is 4.79 Å². The topological polar surface area (TPSA) is 44.4 Å². The Kier molecular flexibility index (Phi) is 6.13. The minimum Gasteiger partial charge on any atom is -0.370 e. The number of para-hydroxylation sites is 2. The van der Waals surface area contributed by atoms with Crippen LogP contribution in [0.2, 0.25) is 0 Å². The van der Waals surface area contributed by atoms with Crippen LogP contribution in [0.5, 0.6) is 0 Å². The predicted molar refractivity (Wildman–Crippen MR) is 101 cm³/mol. The largest absolute Gasteiger partial charge is 0.370 e. The zero-order chi connectivity index (χ0) is 16.8. The van der Waals surface area contributed by atoms with E-state index in [1.807, 2.05) is 12.1 Å². The van der Waals surface area contributed by atoms with Gasteiger partial charge in [0.25, 0.3) is 0 Å². The number of hydrogen-bond donors (Lipinski definition) is 2. The summed E-state index contributed by atoms with van der Waals surface area (Å²) in [6.07, 6.45) is 8.87. The lowest BCUT2D eigenvalue weighted by molar-refractivity contribution is -0.115. The van der Waals surface area contributed by atoms with Crippen LogP contribution in [-0.4, -0.2) is 31.6 Å². The van der Waals surface area contributed by atoms with E-state index in [0.29, 0.717) is 18.5 Å². The highest BCUT2D eigenvalue weighted by Crippen LogP contribution is 2.28. The third kappa shape index (κ3) is 4.50. The highest BCUT2D eigenvalue weighted by atomic mass is 16.1. The number of amides is 1. The molecule has 3 rings (SSSR count). The van der Waals surface area contributed by atoms with E-state index < -0.39 is 0 Å². The molecular formula is C20H31N3O. The van der Waals surface area contributed by atoms with Crippen LogP contribution in [0.3, 0.4) is 0 Å². The fraction of sp³-hybridized carbons (Fsp3) is 0.650. The molecule has 0 spiro atoms. The maximum atomic E-state index is 12.4. The van der Waals surface area contributed by atoms with Gasteiger partial charge in [0.1, 0.15) is 0 Å². The van der Waals surface area contributed by atoms with Crippen LogP contribution in [0.25, 0.3) is 0 Å². The van der Waals surface area contributed by atoms with E-state index in [-0.39, 0.29) is 5.91 Å². The fourth-order valence-corrected chi connectivity index (χ4v) is 4.03. The second-order valence-corrected chi connectivity index (χ2v) is 7.36. The molecule has 0 unspecified atom stereocenters. The molecule has 0 aromatic heterocycles. The minimum atomic E-state index is 0.0669. The average molecular weight is 329 g/mol. The van der Waals surface area contributed by atoms with E-state index in [1.165, 1.54) is 44.9 Å². The van der Waals surface area contributed by atoms with Crippen LogP contribution >= 0.6 is 0 Å². The van der Waals surface area contributed by atoms with Crippen molar-refractivity contribution in [3.05, 3.63) is 24.3 Å². The number of benzene rings is 1. The Balaban J connectivity index is 1.56. The number of rotatable bonds is 5. The zero-order valence-corrected chi connectivity index (χ0v) is 14.9. The molecule has 0 radical (unpaired) electrons. The Bertz CT molecular complexity index is 539. The molecule has 4 heteroatoms. The Hall–Kier alpha value is -1.55. The molecule has 1 aromatic rings. The molecule has 1 heterocycles. The summed E-state index contributed by atoms with van der Waals surface area (Å²) in [5, 5.41) is 6.58. The van der Waals surface area contributed by atoms with Gasteiger partial charge in [-0.05, 0) is 50.2 Å². The first kappa shape index (κ1) is 17.3. The van der Waals surface area contributed by atoms with Gasteiger partial charge in [-0.1, -0.05) is 31.9 Å². The predicted octanol–water partition coefficient (Wildman–Crippen LogP) is 3.78. The van der Waals surface area contributed by atoms with Gasteiger partial charge in [-0.3, -0.25) is 4.79 Å². The van der Waals surface area contributed by atoms with E-state index in [0.717, 1.165) is 24.5 Å². The van der Waals surface area contributed by atoms with Gasteiger partial charge in [-0.15, -0.1) is 0 Å². The van der Waals surface area contributed by atoms with Crippen molar-refractivity contribution in [2.75, 3.05) is 29.9 Å². The van der Waals surface area contributed by atoms with E-state index in [1.54, 1.807) is 0 Å². The first-order chi connectivity index (χ1) is 11.7. The molecule has 4 nitrogen and oxygen atoms in total. The number of carbonyl (C=O) groups is 1. The van der Waals surface area contributed by atoms with Gasteiger partial charge in [-0.25, -0.2) is 0 Å². The standard InChI is InChI=1S/C20H31N3O/c1-16-9-3-4-10-17(16)21-15-20(24)22-18-11-5-6-12-19(18)23-13-7-2-8-14-23/h5-6,11-12,16-17,21H,2-4,7-10,13-15H2,1H3,(H,22,24)/t16-,17+/m1/s1. The molecule has 2 N–H and O–H groups in total. The molecule has 1 aliphatic heterocycles. The Labute approximate surface area is 146 Å². The fourth-order valence-electron chi connectivity index (χ4n) is 4.03. The van der Waals surface area contributed by atoms with E-state index >= 15 is 0 Å². The van der Waals surface area contributed by atoms with Crippen molar-refractivity contribution in [2.45, 2.75) is 57.9 Å². The smallest absolute Gasteiger partial charge is 0.238 e. The van der Waals surface area contributed by atoms with Crippen molar-refractivity contribution in [2.24, 2.45) is 5.92 Å².